The van der Waals surface area contributed by atoms with Gasteiger partial charge in [0.15, 0.2) is 0 Å². The normalized spacial score (nSPS) is 22.3. The van der Waals surface area contributed by atoms with Crippen LogP contribution in [0.1, 0.15) is 65.5 Å². The Labute approximate surface area is 133 Å². The summed E-state index contributed by atoms with van der Waals surface area (Å²) in [6, 6.07) is 1.76. The number of nitrogens with two attached hydrogens (primary N) is 1. The van der Waals surface area contributed by atoms with Gasteiger partial charge in [0.1, 0.15) is 5.69 Å². The molecule has 1 aliphatic heterocycles. The van der Waals surface area contributed by atoms with E-state index in [1.165, 1.54) is 0 Å². The number of carbonyl (C=O) groups excluding carboxylic acids is 1. The number of hydrogen-bond acceptors (Lipinski definition) is 6. The minimum absolute atomic E-state index is 0.295. The third-order valence-corrected chi connectivity index (χ3v) is 4.56. The van der Waals surface area contributed by atoms with E-state index in [9.17, 15) is 4.79 Å². The predicted molar refractivity (Wildman–Crippen MR) is 80.6 cm³/mol. The highest BCUT2D eigenvalue weighted by Gasteiger charge is 2.30. The van der Waals surface area contributed by atoms with Crippen molar-refractivity contribution in [3.05, 3.63) is 29.2 Å². The first kappa shape index (κ1) is 14.4. The Morgan fingerprint density at radius 3 is 2.96 bits per heavy atom. The molecule has 1 atom stereocenters. The molecule has 2 aliphatic rings. The molecule has 0 radical (unpaired) electrons. The summed E-state index contributed by atoms with van der Waals surface area (Å²) < 4.78 is 5.74. The number of carbonyl (C=O) groups is 1. The number of primary amides is 1. The Bertz CT molecular complexity index is 704. The molecule has 8 nitrogen and oxygen atoms in total. The van der Waals surface area contributed by atoms with Crippen molar-refractivity contribution >= 4 is 5.91 Å². The molecule has 0 unspecified atom stereocenters. The predicted octanol–water partition coefficient (Wildman–Crippen LogP) is 1.15. The number of piperidine rings is 1. The summed E-state index contributed by atoms with van der Waals surface area (Å²) in [6.07, 6.45) is 4.47. The van der Waals surface area contributed by atoms with Crippen molar-refractivity contribution in [1.82, 2.24) is 25.3 Å². The van der Waals surface area contributed by atoms with Gasteiger partial charge in [0.25, 0.3) is 5.91 Å². The summed E-state index contributed by atoms with van der Waals surface area (Å²) in [4.78, 5) is 13.5. The molecule has 0 bridgehead atoms. The number of nitrogens with zero attached hydrogens (tertiary/aromatic N) is 4. The van der Waals surface area contributed by atoms with Crippen LogP contribution in [0.25, 0.3) is 0 Å². The van der Waals surface area contributed by atoms with Crippen LogP contribution in [0, 0.1) is 0 Å². The number of aromatic nitrogens is 4. The van der Waals surface area contributed by atoms with Crippen LogP contribution in [-0.4, -0.2) is 44.3 Å². The summed E-state index contributed by atoms with van der Waals surface area (Å²) in [5.74, 6) is 1.78. The van der Waals surface area contributed by atoms with Crippen molar-refractivity contribution in [3.8, 4) is 0 Å². The van der Waals surface area contributed by atoms with Crippen LogP contribution in [0.4, 0.5) is 0 Å². The standard InChI is InChI=1S/C15H20N6O2/c16-14(22)12-6-11(17-18-12)10-2-1-5-21(7-10)8-13-19-20-15(23-13)9-3-4-9/h6,9-10H,1-5,7-8H2,(H2,16,22)(H,17,18)/t10-/m1/s1. The van der Waals surface area contributed by atoms with Crippen molar-refractivity contribution in [1.29, 1.82) is 0 Å². The van der Waals surface area contributed by atoms with E-state index in [0.29, 0.717) is 30.0 Å². The zero-order valence-electron chi connectivity index (χ0n) is 12.9. The van der Waals surface area contributed by atoms with E-state index in [0.717, 1.165) is 50.4 Å². The minimum Gasteiger partial charge on any atom is -0.424 e. The van der Waals surface area contributed by atoms with Crippen LogP contribution in [0.15, 0.2) is 10.5 Å². The molecule has 0 aromatic carbocycles. The molecule has 1 saturated carbocycles. The molecule has 8 heteroatoms. The molecule has 2 aromatic heterocycles. The van der Waals surface area contributed by atoms with Gasteiger partial charge in [0.05, 0.1) is 6.54 Å². The summed E-state index contributed by atoms with van der Waals surface area (Å²) in [6.45, 7) is 2.56. The molecule has 1 aliphatic carbocycles. The Balaban J connectivity index is 1.40. The molecule has 23 heavy (non-hydrogen) atoms. The first-order valence-corrected chi connectivity index (χ1v) is 8.09. The third-order valence-electron chi connectivity index (χ3n) is 4.56. The summed E-state index contributed by atoms with van der Waals surface area (Å²) in [5.41, 5.74) is 6.52. The van der Waals surface area contributed by atoms with Crippen LogP contribution in [0.3, 0.4) is 0 Å². The first-order chi connectivity index (χ1) is 11.2. The van der Waals surface area contributed by atoms with Crippen LogP contribution < -0.4 is 5.73 Å². The molecule has 1 amide bonds. The molecule has 4 rings (SSSR count). The monoisotopic (exact) mass is 316 g/mol. The second kappa shape index (κ2) is 5.77. The van der Waals surface area contributed by atoms with Gasteiger partial charge in [-0.1, -0.05) is 0 Å². The molecular formula is C15H20N6O2. The highest BCUT2D eigenvalue weighted by molar-refractivity contribution is 5.90. The maximum atomic E-state index is 11.2. The largest absolute Gasteiger partial charge is 0.424 e. The summed E-state index contributed by atoms with van der Waals surface area (Å²) in [7, 11) is 0. The quantitative estimate of drug-likeness (QED) is 0.855. The van der Waals surface area contributed by atoms with E-state index < -0.39 is 5.91 Å². The fourth-order valence-corrected chi connectivity index (χ4v) is 3.14. The number of nitrogens with one attached hydrogen (secondary N) is 1. The average molecular weight is 316 g/mol. The van der Waals surface area contributed by atoms with E-state index in [1.54, 1.807) is 6.07 Å². The number of aromatic amines is 1. The van der Waals surface area contributed by atoms with Crippen LogP contribution in [0.2, 0.25) is 0 Å². The Morgan fingerprint density at radius 1 is 1.35 bits per heavy atom. The topological polar surface area (TPSA) is 114 Å². The maximum absolute atomic E-state index is 11.2. The van der Waals surface area contributed by atoms with Gasteiger partial charge < -0.3 is 10.2 Å². The lowest BCUT2D eigenvalue weighted by molar-refractivity contribution is 0.0995. The fraction of sp³-hybridized carbons (Fsp3) is 0.600. The number of H-pyrrole nitrogens is 1. The minimum atomic E-state index is -0.501. The zero-order valence-corrected chi connectivity index (χ0v) is 12.9. The lowest BCUT2D eigenvalue weighted by Gasteiger charge is -2.31. The van der Waals surface area contributed by atoms with Gasteiger partial charge in [-0.3, -0.25) is 14.8 Å². The van der Waals surface area contributed by atoms with Crippen LogP contribution >= 0.6 is 0 Å². The molecule has 122 valence electrons. The van der Waals surface area contributed by atoms with Gasteiger partial charge in [-0.25, -0.2) is 0 Å². The van der Waals surface area contributed by atoms with Crippen molar-refractivity contribution < 1.29 is 9.21 Å². The number of likely N-dealkylation sites (tertiary alicyclic amines) is 1. The highest BCUT2D eigenvalue weighted by atomic mass is 16.4. The number of rotatable bonds is 5. The Kier molecular flexibility index (Phi) is 3.60. The Morgan fingerprint density at radius 2 is 2.22 bits per heavy atom. The zero-order chi connectivity index (χ0) is 15.8. The van der Waals surface area contributed by atoms with Crippen molar-refractivity contribution in [3.63, 3.8) is 0 Å². The third kappa shape index (κ3) is 3.12. The van der Waals surface area contributed by atoms with E-state index in [1.807, 2.05) is 0 Å². The van der Waals surface area contributed by atoms with Crippen molar-refractivity contribution in [2.75, 3.05) is 13.1 Å². The molecule has 0 spiro atoms. The highest BCUT2D eigenvalue weighted by Crippen LogP contribution is 2.39. The van der Waals surface area contributed by atoms with Crippen molar-refractivity contribution in [2.45, 2.75) is 44.1 Å². The van der Waals surface area contributed by atoms with Gasteiger partial charge >= 0.3 is 0 Å². The second-order valence-electron chi connectivity index (χ2n) is 6.46. The maximum Gasteiger partial charge on any atom is 0.269 e. The van der Waals surface area contributed by atoms with E-state index in [4.69, 9.17) is 10.2 Å². The molecule has 2 fully saturated rings. The van der Waals surface area contributed by atoms with E-state index in [2.05, 4.69) is 25.3 Å². The number of hydrogen-bond donors (Lipinski definition) is 2. The average Bonchev–Trinajstić information content (AvgIpc) is 3.09. The van der Waals surface area contributed by atoms with Gasteiger partial charge in [-0.15, -0.1) is 10.2 Å². The molecule has 3 heterocycles. The van der Waals surface area contributed by atoms with Gasteiger partial charge in [0, 0.05) is 24.1 Å². The van der Waals surface area contributed by atoms with Crippen LogP contribution in [0.5, 0.6) is 0 Å². The lowest BCUT2D eigenvalue weighted by atomic mass is 9.94. The fourth-order valence-electron chi connectivity index (χ4n) is 3.14. The van der Waals surface area contributed by atoms with Crippen molar-refractivity contribution in [2.24, 2.45) is 5.73 Å². The number of amides is 1. The lowest BCUT2D eigenvalue weighted by Crippen LogP contribution is -2.34. The first-order valence-electron chi connectivity index (χ1n) is 8.09. The van der Waals surface area contributed by atoms with Gasteiger partial charge in [-0.05, 0) is 38.3 Å². The van der Waals surface area contributed by atoms with Gasteiger partial charge in [-0.2, -0.15) is 5.10 Å². The van der Waals surface area contributed by atoms with E-state index >= 15 is 0 Å². The smallest absolute Gasteiger partial charge is 0.269 e. The molecule has 3 N–H and O–H groups in total. The van der Waals surface area contributed by atoms with Gasteiger partial charge in [0.2, 0.25) is 11.8 Å². The second-order valence-corrected chi connectivity index (χ2v) is 6.46. The summed E-state index contributed by atoms with van der Waals surface area (Å²) in [5, 5.41) is 15.2. The van der Waals surface area contributed by atoms with Crippen LogP contribution in [-0.2, 0) is 6.54 Å². The SMILES string of the molecule is NC(=O)c1cc([C@@H]2CCCN(Cc3nnc(C4CC4)o3)C2)[nH]n1. The Hall–Kier alpha value is -2.22. The van der Waals surface area contributed by atoms with E-state index in [-0.39, 0.29) is 0 Å². The molecule has 1 saturated heterocycles. The molecule has 2 aromatic rings. The summed E-state index contributed by atoms with van der Waals surface area (Å²) >= 11 is 0. The molecular weight excluding hydrogens is 296 g/mol.